The van der Waals surface area contributed by atoms with Gasteiger partial charge in [0.1, 0.15) is 34.2 Å². The Hall–Kier alpha value is -5.30. The van der Waals surface area contributed by atoms with E-state index in [2.05, 4.69) is 14.9 Å². The number of nitrogens with two attached hydrogens (primary N) is 1. The molecule has 1 aliphatic carbocycles. The molecule has 5 aromatic rings. The molecule has 2 aromatic carbocycles. The lowest BCUT2D eigenvalue weighted by molar-refractivity contribution is -0.150. The fourth-order valence-electron chi connectivity index (χ4n) is 7.15. The van der Waals surface area contributed by atoms with Crippen molar-refractivity contribution in [1.29, 1.82) is 0 Å². The van der Waals surface area contributed by atoms with Crippen molar-refractivity contribution in [1.82, 2.24) is 29.2 Å². The highest BCUT2D eigenvalue weighted by Gasteiger charge is 2.49. The lowest BCUT2D eigenvalue weighted by Crippen LogP contribution is -2.62. The van der Waals surface area contributed by atoms with E-state index >= 15 is 0 Å². The van der Waals surface area contributed by atoms with Gasteiger partial charge in [0.2, 0.25) is 5.91 Å². The molecule has 0 spiro atoms. The number of pyridine rings is 1. The Bertz CT molecular complexity index is 2040. The highest BCUT2D eigenvalue weighted by molar-refractivity contribution is 6.10. The van der Waals surface area contributed by atoms with Crippen molar-refractivity contribution in [3.63, 3.8) is 0 Å². The lowest BCUT2D eigenvalue weighted by Gasteiger charge is -2.49. The molecule has 0 bridgehead atoms. The number of alkyl halides is 3. The van der Waals surface area contributed by atoms with E-state index in [4.69, 9.17) is 10.7 Å². The smallest absolute Gasteiger partial charge is 0.382 e. The van der Waals surface area contributed by atoms with E-state index in [0.29, 0.717) is 35.6 Å². The molecule has 1 saturated carbocycles. The average Bonchev–Trinajstić information content (AvgIpc) is 3.49. The average molecular weight is 683 g/mol. The summed E-state index contributed by atoms with van der Waals surface area (Å²) in [7, 11) is 3.95. The Morgan fingerprint density at radius 1 is 0.960 bits per heavy atom. The van der Waals surface area contributed by atoms with E-state index in [0.717, 1.165) is 61.2 Å². The molecular weight excluding hydrogens is 645 g/mol. The molecule has 1 aliphatic heterocycles. The number of rotatable bonds is 7. The summed E-state index contributed by atoms with van der Waals surface area (Å²) in [6, 6.07) is 16.8. The summed E-state index contributed by atoms with van der Waals surface area (Å²) < 4.78 is 42.7. The molecule has 0 radical (unpaired) electrons. The first-order valence-electron chi connectivity index (χ1n) is 16.6. The van der Waals surface area contributed by atoms with Crippen molar-refractivity contribution in [2.24, 2.45) is 0 Å². The van der Waals surface area contributed by atoms with Crippen LogP contribution in [0.5, 0.6) is 0 Å². The number of halogens is 3. The van der Waals surface area contributed by atoms with Gasteiger partial charge in [0.25, 0.3) is 5.91 Å². The van der Waals surface area contributed by atoms with Gasteiger partial charge < -0.3 is 10.6 Å². The minimum atomic E-state index is -4.61. The zero-order chi connectivity index (χ0) is 35.2. The van der Waals surface area contributed by atoms with Gasteiger partial charge in [-0.2, -0.15) is 13.2 Å². The van der Waals surface area contributed by atoms with Crippen molar-refractivity contribution in [3.05, 3.63) is 102 Å². The number of anilines is 3. The molecule has 2 fully saturated rings. The first-order chi connectivity index (χ1) is 24.0. The number of likely N-dealkylation sites (tertiary alicyclic amines) is 1. The molecule has 50 heavy (non-hydrogen) atoms. The van der Waals surface area contributed by atoms with E-state index in [9.17, 15) is 22.8 Å². The van der Waals surface area contributed by atoms with Crippen LogP contribution in [0.4, 0.5) is 30.5 Å². The number of aromatic nitrogens is 4. The number of nitrogens with zero attached hydrogens (tertiary/aromatic N) is 7. The second kappa shape index (κ2) is 12.9. The standard InChI is InChI=1S/C37H37F3N8O2/c1-45(2)36(16-7-17-36)35(50)46-20-6-8-26(23-46)33-44-30(31-32(41)43-19-21-47(31)33)24-11-13-25(14-12-24)34(49)48(28-9-4-3-5-10-28)29-22-27(15-18-42-29)37(38,39)40/h3-5,9-15,18-19,21-22,26H,6-8,16-17,20,23H2,1-2H3,(H2,41,43)/t26-/m1/s1. The minimum Gasteiger partial charge on any atom is -0.382 e. The third-order valence-corrected chi connectivity index (χ3v) is 10.0. The second-order valence-corrected chi connectivity index (χ2v) is 13.2. The maximum atomic E-state index is 14.0. The summed E-state index contributed by atoms with van der Waals surface area (Å²) in [5.41, 5.74) is 7.55. The molecule has 0 unspecified atom stereocenters. The summed E-state index contributed by atoms with van der Waals surface area (Å²) >= 11 is 0. The summed E-state index contributed by atoms with van der Waals surface area (Å²) in [6.45, 7) is 1.25. The van der Waals surface area contributed by atoms with Crippen molar-refractivity contribution in [2.45, 2.75) is 49.7 Å². The Labute approximate surface area is 287 Å². The van der Waals surface area contributed by atoms with Crippen LogP contribution in [-0.2, 0) is 11.0 Å². The van der Waals surface area contributed by atoms with Gasteiger partial charge in [0.05, 0.1) is 11.3 Å². The summed E-state index contributed by atoms with van der Waals surface area (Å²) in [5.74, 6) is 0.496. The number of hydrogen-bond donors (Lipinski definition) is 1. The third-order valence-electron chi connectivity index (χ3n) is 10.0. The molecule has 13 heteroatoms. The van der Waals surface area contributed by atoms with Gasteiger partial charge in [-0.15, -0.1) is 0 Å². The molecule has 2 aliphatic rings. The number of amides is 2. The molecule has 4 heterocycles. The lowest BCUT2D eigenvalue weighted by atomic mass is 9.74. The molecule has 3 aromatic heterocycles. The maximum Gasteiger partial charge on any atom is 0.416 e. The van der Waals surface area contributed by atoms with Crippen LogP contribution in [0.3, 0.4) is 0 Å². The van der Waals surface area contributed by atoms with E-state index in [1.54, 1.807) is 60.8 Å². The number of fused-ring (bicyclic) bond motifs is 1. The Balaban J connectivity index is 1.21. The first-order valence-corrected chi connectivity index (χ1v) is 16.6. The Morgan fingerprint density at radius 2 is 1.70 bits per heavy atom. The first kappa shape index (κ1) is 33.2. The molecule has 1 saturated heterocycles. The number of carbonyl (C=O) groups excluding carboxylic acids is 2. The molecule has 1 atom stereocenters. The molecule has 2 N–H and O–H groups in total. The Morgan fingerprint density at radius 3 is 2.36 bits per heavy atom. The van der Waals surface area contributed by atoms with Gasteiger partial charge in [-0.1, -0.05) is 30.3 Å². The maximum absolute atomic E-state index is 14.0. The molecule has 2 amide bonds. The van der Waals surface area contributed by atoms with Gasteiger partial charge in [0.15, 0.2) is 0 Å². The van der Waals surface area contributed by atoms with E-state index in [1.165, 1.54) is 0 Å². The monoisotopic (exact) mass is 682 g/mol. The van der Waals surface area contributed by atoms with Crippen LogP contribution in [0.1, 0.15) is 59.8 Å². The Kier molecular flexibility index (Phi) is 8.54. The highest BCUT2D eigenvalue weighted by Crippen LogP contribution is 2.40. The van der Waals surface area contributed by atoms with Crippen LogP contribution >= 0.6 is 0 Å². The predicted molar refractivity (Wildman–Crippen MR) is 184 cm³/mol. The SMILES string of the molecule is CN(C)C1(C(=O)N2CCC[C@@H](c3nc(-c4ccc(C(=O)N(c5ccccc5)c5cc(C(F)(F)F)ccn5)cc4)c4c(N)nccn34)C2)CCC1. The third kappa shape index (κ3) is 5.85. The fourth-order valence-corrected chi connectivity index (χ4v) is 7.15. The number of para-hydroxylation sites is 1. The van der Waals surface area contributed by atoms with Crippen molar-refractivity contribution in [3.8, 4) is 11.3 Å². The molecule has 10 nitrogen and oxygen atoms in total. The van der Waals surface area contributed by atoms with E-state index in [-0.39, 0.29) is 29.0 Å². The van der Waals surface area contributed by atoms with Gasteiger partial charge in [-0.25, -0.2) is 15.0 Å². The zero-order valence-corrected chi connectivity index (χ0v) is 27.8. The quantitative estimate of drug-likeness (QED) is 0.207. The zero-order valence-electron chi connectivity index (χ0n) is 27.8. The van der Waals surface area contributed by atoms with E-state index in [1.807, 2.05) is 29.6 Å². The molecule has 7 rings (SSSR count). The summed E-state index contributed by atoms with van der Waals surface area (Å²) in [5, 5.41) is 0. The summed E-state index contributed by atoms with van der Waals surface area (Å²) in [4.78, 5) is 46.5. The topological polar surface area (TPSA) is 113 Å². The number of piperidine rings is 1. The normalized spacial score (nSPS) is 17.5. The number of likely N-dealkylation sites (N-methyl/N-ethyl adjacent to an activating group) is 1. The van der Waals surface area contributed by atoms with Crippen LogP contribution in [0.2, 0.25) is 0 Å². The van der Waals surface area contributed by atoms with Crippen LogP contribution in [0.25, 0.3) is 16.8 Å². The van der Waals surface area contributed by atoms with Gasteiger partial charge in [-0.3, -0.25) is 23.8 Å². The van der Waals surface area contributed by atoms with Crippen molar-refractivity contribution in [2.75, 3.05) is 37.8 Å². The molecular formula is C37H37F3N8O2. The van der Waals surface area contributed by atoms with Gasteiger partial charge in [-0.05, 0) is 82.6 Å². The number of nitrogen functional groups attached to an aromatic ring is 1. The van der Waals surface area contributed by atoms with Gasteiger partial charge >= 0.3 is 6.18 Å². The number of imidazole rings is 1. The largest absolute Gasteiger partial charge is 0.416 e. The van der Waals surface area contributed by atoms with E-state index < -0.39 is 23.2 Å². The van der Waals surface area contributed by atoms with Crippen LogP contribution < -0.4 is 10.6 Å². The van der Waals surface area contributed by atoms with Gasteiger partial charge in [0, 0.05) is 48.7 Å². The minimum absolute atomic E-state index is 0.0321. The summed E-state index contributed by atoms with van der Waals surface area (Å²) in [6.07, 6.45) is 4.34. The van der Waals surface area contributed by atoms with Crippen LogP contribution in [-0.4, -0.2) is 73.7 Å². The number of hydrogen-bond acceptors (Lipinski definition) is 7. The van der Waals surface area contributed by atoms with Crippen molar-refractivity contribution < 1.29 is 22.8 Å². The fraction of sp³-hybridized carbons (Fsp3) is 0.324. The second-order valence-electron chi connectivity index (χ2n) is 13.2. The number of benzene rings is 2. The van der Waals surface area contributed by atoms with Crippen LogP contribution in [0, 0.1) is 0 Å². The number of carbonyl (C=O) groups is 2. The van der Waals surface area contributed by atoms with Crippen molar-refractivity contribution >= 4 is 34.7 Å². The van der Waals surface area contributed by atoms with Crippen LogP contribution in [0.15, 0.2) is 85.3 Å². The molecule has 258 valence electrons. The highest BCUT2D eigenvalue weighted by atomic mass is 19.4. The predicted octanol–water partition coefficient (Wildman–Crippen LogP) is 6.56.